The Balaban J connectivity index is 2.44. The molecule has 0 aromatic rings. The van der Waals surface area contributed by atoms with Crippen molar-refractivity contribution in [2.75, 3.05) is 0 Å². The normalized spacial score (nSPS) is 34.3. The van der Waals surface area contributed by atoms with Crippen LogP contribution < -0.4 is 0 Å². The van der Waals surface area contributed by atoms with Gasteiger partial charge >= 0.3 is 0 Å². The summed E-state index contributed by atoms with van der Waals surface area (Å²) in [6, 6.07) is 0. The van der Waals surface area contributed by atoms with Crippen LogP contribution in [0.2, 0.25) is 11.1 Å². The topological polar surface area (TPSA) is 0 Å². The van der Waals surface area contributed by atoms with Gasteiger partial charge in [0.1, 0.15) is 7.28 Å². The van der Waals surface area contributed by atoms with Crippen molar-refractivity contribution in [2.45, 2.75) is 38.3 Å². The van der Waals surface area contributed by atoms with E-state index in [1.807, 2.05) is 6.92 Å². The van der Waals surface area contributed by atoms with Gasteiger partial charge in [-0.3, -0.25) is 0 Å². The minimum absolute atomic E-state index is 0.552. The summed E-state index contributed by atoms with van der Waals surface area (Å²) in [6.45, 7) is 14.6. The number of rotatable bonds is 3. The standard InChI is InChI=1S/C10H17B/c1-7(2)8(3)6-10(5)9(4)11-10/h9,11H,1,3,6H2,2,4-5H3. The van der Waals surface area contributed by atoms with E-state index in [2.05, 4.69) is 27.0 Å². The summed E-state index contributed by atoms with van der Waals surface area (Å²) in [5.41, 5.74) is 2.38. The molecule has 2 unspecified atom stereocenters. The van der Waals surface area contributed by atoms with E-state index in [0.717, 1.165) is 17.8 Å². The van der Waals surface area contributed by atoms with E-state index in [1.54, 1.807) is 0 Å². The largest absolute Gasteiger partial charge is 0.130 e. The Labute approximate surface area is 70.6 Å². The Morgan fingerprint density at radius 3 is 2.27 bits per heavy atom. The van der Waals surface area contributed by atoms with Gasteiger partial charge in [0, 0.05) is 0 Å². The molecule has 0 aromatic heterocycles. The maximum atomic E-state index is 4.01. The smallest absolute Gasteiger partial charge is 0.0959 e. The first-order chi connectivity index (χ1) is 4.96. The van der Waals surface area contributed by atoms with Crippen LogP contribution in [0.4, 0.5) is 0 Å². The maximum absolute atomic E-state index is 4.01. The molecule has 1 fully saturated rings. The van der Waals surface area contributed by atoms with Gasteiger partial charge in [-0.2, -0.15) is 0 Å². The Bertz CT molecular complexity index is 205. The second-order valence-electron chi connectivity index (χ2n) is 4.32. The van der Waals surface area contributed by atoms with Gasteiger partial charge in [0.2, 0.25) is 0 Å². The zero-order valence-corrected chi connectivity index (χ0v) is 7.91. The van der Waals surface area contributed by atoms with Crippen molar-refractivity contribution in [3.63, 3.8) is 0 Å². The van der Waals surface area contributed by atoms with E-state index in [0.29, 0.717) is 5.31 Å². The van der Waals surface area contributed by atoms with E-state index in [4.69, 9.17) is 0 Å². The van der Waals surface area contributed by atoms with Crippen LogP contribution in [-0.2, 0) is 0 Å². The molecular weight excluding hydrogens is 131 g/mol. The van der Waals surface area contributed by atoms with Crippen LogP contribution in [0.1, 0.15) is 27.2 Å². The molecule has 1 saturated heterocycles. The fourth-order valence-electron chi connectivity index (χ4n) is 1.53. The summed E-state index contributed by atoms with van der Waals surface area (Å²) in [4.78, 5) is 0. The van der Waals surface area contributed by atoms with Crippen molar-refractivity contribution >= 4 is 7.28 Å². The molecule has 0 saturated carbocycles. The van der Waals surface area contributed by atoms with Gasteiger partial charge in [-0.25, -0.2) is 0 Å². The summed E-state index contributed by atoms with van der Waals surface area (Å²) in [5, 5.41) is 0.552. The first-order valence-electron chi connectivity index (χ1n) is 4.29. The molecule has 60 valence electrons. The molecule has 0 bridgehead atoms. The molecule has 0 aliphatic carbocycles. The molecule has 2 atom stereocenters. The lowest BCUT2D eigenvalue weighted by atomic mass is 9.83. The highest BCUT2D eigenvalue weighted by atomic mass is 14.3. The highest BCUT2D eigenvalue weighted by molar-refractivity contribution is 6.56. The van der Waals surface area contributed by atoms with Crippen LogP contribution in [-0.4, -0.2) is 7.28 Å². The lowest BCUT2D eigenvalue weighted by Crippen LogP contribution is -1.92. The van der Waals surface area contributed by atoms with Crippen molar-refractivity contribution in [3.8, 4) is 0 Å². The van der Waals surface area contributed by atoms with Crippen LogP contribution in [0.15, 0.2) is 24.3 Å². The van der Waals surface area contributed by atoms with Crippen LogP contribution in [0.5, 0.6) is 0 Å². The van der Waals surface area contributed by atoms with Crippen molar-refractivity contribution in [1.82, 2.24) is 0 Å². The Kier molecular flexibility index (Phi) is 2.00. The molecule has 0 radical (unpaired) electrons. The number of hydrogen-bond acceptors (Lipinski definition) is 0. The number of allylic oxidation sites excluding steroid dienone is 2. The summed E-state index contributed by atoms with van der Waals surface area (Å²) < 4.78 is 0. The monoisotopic (exact) mass is 148 g/mol. The first-order valence-corrected chi connectivity index (χ1v) is 4.29. The molecule has 0 nitrogen and oxygen atoms in total. The third-order valence-corrected chi connectivity index (χ3v) is 3.02. The third kappa shape index (κ3) is 1.77. The summed E-state index contributed by atoms with van der Waals surface area (Å²) in [7, 11) is 1.36. The lowest BCUT2D eigenvalue weighted by molar-refractivity contribution is 0.691. The van der Waals surface area contributed by atoms with Gasteiger partial charge in [0.15, 0.2) is 0 Å². The van der Waals surface area contributed by atoms with Crippen molar-refractivity contribution in [1.29, 1.82) is 0 Å². The molecule has 1 heterocycles. The van der Waals surface area contributed by atoms with Crippen molar-refractivity contribution < 1.29 is 0 Å². The fourth-order valence-corrected chi connectivity index (χ4v) is 1.53. The predicted octanol–water partition coefficient (Wildman–Crippen LogP) is 2.95. The highest BCUT2D eigenvalue weighted by Crippen LogP contribution is 2.60. The maximum Gasteiger partial charge on any atom is 0.130 e. The second kappa shape index (κ2) is 2.55. The third-order valence-electron chi connectivity index (χ3n) is 3.02. The SMILES string of the molecule is C=C(C)C(=C)CC1(C)BC1C. The fraction of sp³-hybridized carbons (Fsp3) is 0.600. The Morgan fingerprint density at radius 2 is 2.00 bits per heavy atom. The zero-order valence-electron chi connectivity index (χ0n) is 7.91. The van der Waals surface area contributed by atoms with E-state index in [-0.39, 0.29) is 0 Å². The molecule has 0 N–H and O–H groups in total. The predicted molar refractivity (Wildman–Crippen MR) is 53.5 cm³/mol. The summed E-state index contributed by atoms with van der Waals surface area (Å²) in [5.74, 6) is 0.888. The Hall–Kier alpha value is -0.455. The molecule has 1 aliphatic heterocycles. The second-order valence-corrected chi connectivity index (χ2v) is 4.32. The molecule has 0 aromatic carbocycles. The quantitative estimate of drug-likeness (QED) is 0.426. The molecule has 0 amide bonds. The van der Waals surface area contributed by atoms with Gasteiger partial charge in [-0.05, 0) is 13.3 Å². The van der Waals surface area contributed by atoms with Crippen LogP contribution in [0.3, 0.4) is 0 Å². The van der Waals surface area contributed by atoms with Crippen LogP contribution >= 0.6 is 0 Å². The van der Waals surface area contributed by atoms with Crippen molar-refractivity contribution in [2.24, 2.45) is 0 Å². The van der Waals surface area contributed by atoms with E-state index < -0.39 is 0 Å². The molecule has 1 heteroatoms. The van der Waals surface area contributed by atoms with E-state index in [9.17, 15) is 0 Å². The lowest BCUT2D eigenvalue weighted by Gasteiger charge is -2.12. The molecule has 11 heavy (non-hydrogen) atoms. The van der Waals surface area contributed by atoms with Gasteiger partial charge in [-0.1, -0.05) is 49.3 Å². The highest BCUT2D eigenvalue weighted by Gasteiger charge is 2.47. The average molecular weight is 148 g/mol. The minimum Gasteiger partial charge on any atom is -0.0959 e. The summed E-state index contributed by atoms with van der Waals surface area (Å²) >= 11 is 0. The van der Waals surface area contributed by atoms with Gasteiger partial charge in [-0.15, -0.1) is 0 Å². The van der Waals surface area contributed by atoms with E-state index >= 15 is 0 Å². The van der Waals surface area contributed by atoms with Gasteiger partial charge in [0.25, 0.3) is 0 Å². The minimum atomic E-state index is 0.552. The van der Waals surface area contributed by atoms with Crippen LogP contribution in [0.25, 0.3) is 0 Å². The zero-order chi connectivity index (χ0) is 8.65. The number of hydrogen-bond donors (Lipinski definition) is 0. The molecule has 0 spiro atoms. The van der Waals surface area contributed by atoms with Crippen LogP contribution in [0, 0.1) is 0 Å². The Morgan fingerprint density at radius 1 is 1.55 bits per heavy atom. The molecule has 1 aliphatic rings. The molecular formula is C10H17B. The first kappa shape index (κ1) is 8.64. The average Bonchev–Trinajstić information content (AvgIpc) is 2.39. The molecule has 1 rings (SSSR count). The van der Waals surface area contributed by atoms with E-state index in [1.165, 1.54) is 12.9 Å². The van der Waals surface area contributed by atoms with Crippen molar-refractivity contribution in [3.05, 3.63) is 24.3 Å². The van der Waals surface area contributed by atoms with Gasteiger partial charge < -0.3 is 0 Å². The summed E-state index contributed by atoms with van der Waals surface area (Å²) in [6.07, 6.45) is 1.14. The van der Waals surface area contributed by atoms with Gasteiger partial charge in [0.05, 0.1) is 0 Å².